The number of aliphatic carboxylic acids is 1. The van der Waals surface area contributed by atoms with E-state index in [4.69, 9.17) is 10.5 Å². The van der Waals surface area contributed by atoms with E-state index < -0.39 is 23.7 Å². The number of nitrogens with zero attached hydrogens (tertiary/aromatic N) is 3. The van der Waals surface area contributed by atoms with Gasteiger partial charge in [0.15, 0.2) is 11.2 Å². The first-order valence-electron chi connectivity index (χ1n) is 11.6. The van der Waals surface area contributed by atoms with Gasteiger partial charge in [-0.05, 0) is 13.3 Å². The third-order valence-electron chi connectivity index (χ3n) is 5.59. The summed E-state index contributed by atoms with van der Waals surface area (Å²) in [6.45, 7) is 4.35. The Morgan fingerprint density at radius 3 is 2.32 bits per heavy atom. The Kier molecular flexibility index (Phi) is 10.5. The predicted octanol–water partition coefficient (Wildman–Crippen LogP) is 4.25. The van der Waals surface area contributed by atoms with Gasteiger partial charge >= 0.3 is 5.97 Å². The van der Waals surface area contributed by atoms with Crippen LogP contribution in [0.1, 0.15) is 90.7 Å². The summed E-state index contributed by atoms with van der Waals surface area (Å²) in [5.74, 6) is -1.75. The third-order valence-corrected chi connectivity index (χ3v) is 5.59. The van der Waals surface area contributed by atoms with Crippen molar-refractivity contribution in [2.24, 2.45) is 5.92 Å². The molecule has 0 aliphatic heterocycles. The normalized spacial score (nSPS) is 13.5. The van der Waals surface area contributed by atoms with E-state index in [0.717, 1.165) is 19.3 Å². The lowest BCUT2D eigenvalue weighted by Crippen LogP contribution is -2.29. The minimum Gasteiger partial charge on any atom is -0.481 e. The SMILES string of the molecule is CCCCCCCCCCCCC(C(=O)O)C(OCC)n1cnc2c(=O)[nH]c(N)nc21. The van der Waals surface area contributed by atoms with Crippen LogP contribution in [-0.4, -0.2) is 37.2 Å². The van der Waals surface area contributed by atoms with Crippen molar-refractivity contribution >= 4 is 23.1 Å². The molecule has 2 rings (SSSR count). The van der Waals surface area contributed by atoms with E-state index in [2.05, 4.69) is 21.9 Å². The summed E-state index contributed by atoms with van der Waals surface area (Å²) in [6.07, 6.45) is 12.9. The summed E-state index contributed by atoms with van der Waals surface area (Å²) in [6, 6.07) is 0. The average Bonchev–Trinajstić information content (AvgIpc) is 3.14. The van der Waals surface area contributed by atoms with Crippen LogP contribution in [0.2, 0.25) is 0 Å². The van der Waals surface area contributed by atoms with Gasteiger partial charge in [-0.1, -0.05) is 71.1 Å². The van der Waals surface area contributed by atoms with Crippen LogP contribution in [0.5, 0.6) is 0 Å². The molecule has 0 saturated carbocycles. The highest BCUT2D eigenvalue weighted by atomic mass is 16.5. The monoisotopic (exact) mass is 435 g/mol. The second-order valence-electron chi connectivity index (χ2n) is 8.04. The number of anilines is 1. The minimum atomic E-state index is -0.936. The van der Waals surface area contributed by atoms with Crippen LogP contribution in [0.25, 0.3) is 11.2 Å². The van der Waals surface area contributed by atoms with Gasteiger partial charge in [-0.25, -0.2) is 4.98 Å². The van der Waals surface area contributed by atoms with E-state index in [-0.39, 0.29) is 17.1 Å². The van der Waals surface area contributed by atoms with Crippen molar-refractivity contribution in [3.63, 3.8) is 0 Å². The molecule has 2 unspecified atom stereocenters. The van der Waals surface area contributed by atoms with Crippen molar-refractivity contribution < 1.29 is 14.6 Å². The smallest absolute Gasteiger partial charge is 0.311 e. The maximum absolute atomic E-state index is 12.1. The molecule has 9 heteroatoms. The molecular formula is C22H37N5O4. The zero-order valence-electron chi connectivity index (χ0n) is 18.8. The molecule has 0 spiro atoms. The molecule has 4 N–H and O–H groups in total. The maximum Gasteiger partial charge on any atom is 0.311 e. The van der Waals surface area contributed by atoms with E-state index in [1.54, 1.807) is 6.92 Å². The highest BCUT2D eigenvalue weighted by molar-refractivity contribution is 5.73. The Morgan fingerprint density at radius 2 is 1.74 bits per heavy atom. The number of carbonyl (C=O) groups is 1. The highest BCUT2D eigenvalue weighted by Crippen LogP contribution is 2.28. The fourth-order valence-corrected chi connectivity index (χ4v) is 3.93. The van der Waals surface area contributed by atoms with Crippen LogP contribution in [0, 0.1) is 5.92 Å². The van der Waals surface area contributed by atoms with E-state index >= 15 is 0 Å². The number of unbranched alkanes of at least 4 members (excludes halogenated alkanes) is 9. The van der Waals surface area contributed by atoms with E-state index in [1.807, 2.05) is 0 Å². The summed E-state index contributed by atoms with van der Waals surface area (Å²) < 4.78 is 7.30. The summed E-state index contributed by atoms with van der Waals surface area (Å²) in [5, 5.41) is 9.87. The summed E-state index contributed by atoms with van der Waals surface area (Å²) in [7, 11) is 0. The van der Waals surface area contributed by atoms with Crippen molar-refractivity contribution in [1.82, 2.24) is 19.5 Å². The first kappa shape index (κ1) is 24.8. The molecule has 0 saturated heterocycles. The number of rotatable bonds is 16. The van der Waals surface area contributed by atoms with Gasteiger partial charge in [0.2, 0.25) is 5.95 Å². The second-order valence-corrected chi connectivity index (χ2v) is 8.04. The van der Waals surface area contributed by atoms with Crippen LogP contribution >= 0.6 is 0 Å². The Bertz CT molecular complexity index is 863. The molecule has 0 aliphatic rings. The molecule has 0 radical (unpaired) electrons. The molecular weight excluding hydrogens is 398 g/mol. The number of H-pyrrole nitrogens is 1. The van der Waals surface area contributed by atoms with E-state index in [0.29, 0.717) is 13.0 Å². The molecule has 2 aromatic heterocycles. The average molecular weight is 436 g/mol. The van der Waals surface area contributed by atoms with Crippen molar-refractivity contribution in [3.05, 3.63) is 16.7 Å². The number of carboxylic acids is 1. The number of imidazole rings is 1. The summed E-state index contributed by atoms with van der Waals surface area (Å²) in [4.78, 5) is 34.7. The molecule has 0 amide bonds. The first-order chi connectivity index (χ1) is 15.0. The number of nitrogen functional groups attached to an aromatic ring is 1. The van der Waals surface area contributed by atoms with Crippen molar-refractivity contribution in [2.45, 2.75) is 90.7 Å². The van der Waals surface area contributed by atoms with Gasteiger partial charge in [-0.15, -0.1) is 0 Å². The lowest BCUT2D eigenvalue weighted by molar-refractivity contribution is -0.152. The molecule has 0 aliphatic carbocycles. The predicted molar refractivity (Wildman–Crippen MR) is 121 cm³/mol. The number of fused-ring (bicyclic) bond motifs is 1. The molecule has 174 valence electrons. The Hall–Kier alpha value is -2.42. The fraction of sp³-hybridized carbons (Fsp3) is 0.727. The number of nitrogens with two attached hydrogens (primary N) is 1. The number of aromatic amines is 1. The highest BCUT2D eigenvalue weighted by Gasteiger charge is 2.31. The van der Waals surface area contributed by atoms with Crippen LogP contribution in [0.15, 0.2) is 11.1 Å². The molecule has 2 aromatic rings. The van der Waals surface area contributed by atoms with Gasteiger partial charge in [0.25, 0.3) is 5.56 Å². The van der Waals surface area contributed by atoms with Crippen molar-refractivity contribution in [3.8, 4) is 0 Å². The van der Waals surface area contributed by atoms with Gasteiger partial charge in [0, 0.05) is 6.61 Å². The maximum atomic E-state index is 12.1. The zero-order valence-corrected chi connectivity index (χ0v) is 18.8. The van der Waals surface area contributed by atoms with Gasteiger partial charge in [0.1, 0.15) is 12.1 Å². The van der Waals surface area contributed by atoms with E-state index in [1.165, 1.54) is 55.8 Å². The standard InChI is InChI=1S/C22H37N5O4/c1-3-5-6-7-8-9-10-11-12-13-14-16(21(29)30)20(31-4-2)27-15-24-17-18(27)25-22(23)26-19(17)28/h15-16,20H,3-14H2,1-2H3,(H,29,30)(H3,23,25,26,28). The number of aromatic nitrogens is 4. The van der Waals surface area contributed by atoms with E-state index in [9.17, 15) is 14.7 Å². The van der Waals surface area contributed by atoms with Crippen molar-refractivity contribution in [2.75, 3.05) is 12.3 Å². The molecule has 31 heavy (non-hydrogen) atoms. The number of ether oxygens (including phenoxy) is 1. The summed E-state index contributed by atoms with van der Waals surface area (Å²) >= 11 is 0. The van der Waals surface area contributed by atoms with Gasteiger partial charge < -0.3 is 15.6 Å². The summed E-state index contributed by atoms with van der Waals surface area (Å²) in [5.41, 5.74) is 5.55. The Labute approximate surface area is 183 Å². The van der Waals surface area contributed by atoms with Crippen molar-refractivity contribution in [1.29, 1.82) is 0 Å². The van der Waals surface area contributed by atoms with Crippen LogP contribution in [0.3, 0.4) is 0 Å². The number of hydrogen-bond acceptors (Lipinski definition) is 6. The topological polar surface area (TPSA) is 136 Å². The number of hydrogen-bond donors (Lipinski definition) is 3. The molecule has 2 atom stereocenters. The Balaban J connectivity index is 1.95. The van der Waals surface area contributed by atoms with Crippen LogP contribution in [-0.2, 0) is 9.53 Å². The molecule has 2 heterocycles. The minimum absolute atomic E-state index is 0.0453. The van der Waals surface area contributed by atoms with Crippen LogP contribution in [0.4, 0.5) is 5.95 Å². The molecule has 9 nitrogen and oxygen atoms in total. The van der Waals surface area contributed by atoms with Gasteiger partial charge in [-0.3, -0.25) is 19.1 Å². The fourth-order valence-electron chi connectivity index (χ4n) is 3.93. The molecule has 0 aromatic carbocycles. The van der Waals surface area contributed by atoms with Gasteiger partial charge in [0.05, 0.1) is 6.33 Å². The zero-order chi connectivity index (χ0) is 22.6. The molecule has 0 bridgehead atoms. The quantitative estimate of drug-likeness (QED) is 0.335. The largest absolute Gasteiger partial charge is 0.481 e. The number of nitrogens with one attached hydrogen (secondary N) is 1. The lowest BCUT2D eigenvalue weighted by atomic mass is 9.98. The second kappa shape index (κ2) is 13.1. The Morgan fingerprint density at radius 1 is 1.13 bits per heavy atom. The third kappa shape index (κ3) is 7.34. The number of carboxylic acid groups (broad SMARTS) is 1. The van der Waals surface area contributed by atoms with Crippen LogP contribution < -0.4 is 11.3 Å². The lowest BCUT2D eigenvalue weighted by Gasteiger charge is -2.25. The van der Waals surface area contributed by atoms with Gasteiger partial charge in [-0.2, -0.15) is 4.98 Å². The first-order valence-corrected chi connectivity index (χ1v) is 11.6. The molecule has 0 fully saturated rings.